The Morgan fingerprint density at radius 3 is 2.48 bits per heavy atom. The van der Waals surface area contributed by atoms with E-state index in [0.29, 0.717) is 12.5 Å². The molecule has 0 spiro atoms. The number of benzene rings is 1. The molecule has 1 atom stereocenters. The van der Waals surface area contributed by atoms with E-state index in [1.807, 2.05) is 0 Å². The number of nitrogens with zero attached hydrogens (tertiary/aromatic N) is 1. The third kappa shape index (κ3) is 5.71. The number of hydrogen-bond donors (Lipinski definition) is 1. The summed E-state index contributed by atoms with van der Waals surface area (Å²) >= 11 is 0. The Morgan fingerprint density at radius 1 is 1.19 bits per heavy atom. The quantitative estimate of drug-likeness (QED) is 0.914. The highest BCUT2D eigenvalue weighted by atomic mass is 19.1. The van der Waals surface area contributed by atoms with Gasteiger partial charge in [-0.1, -0.05) is 0 Å². The van der Waals surface area contributed by atoms with E-state index in [9.17, 15) is 8.78 Å². The Bertz CT molecular complexity index is 448. The molecule has 0 amide bonds. The van der Waals surface area contributed by atoms with Crippen molar-refractivity contribution in [1.82, 2.24) is 10.2 Å². The number of nitrogens with one attached hydrogen (secondary N) is 1. The molecule has 0 aliphatic carbocycles. The second kappa shape index (κ2) is 6.84. The smallest absolute Gasteiger partial charge is 0.126 e. The molecule has 1 saturated heterocycles. The van der Waals surface area contributed by atoms with E-state index in [1.165, 1.54) is 18.6 Å². The van der Waals surface area contributed by atoms with Crippen LogP contribution in [0.25, 0.3) is 0 Å². The Morgan fingerprint density at radius 2 is 1.86 bits per heavy atom. The zero-order valence-corrected chi connectivity index (χ0v) is 13.3. The van der Waals surface area contributed by atoms with Crippen LogP contribution in [0.4, 0.5) is 8.78 Å². The lowest BCUT2D eigenvalue weighted by Crippen LogP contribution is -2.44. The summed E-state index contributed by atoms with van der Waals surface area (Å²) < 4.78 is 26.5. The van der Waals surface area contributed by atoms with Crippen LogP contribution in [0.3, 0.4) is 0 Å². The summed E-state index contributed by atoms with van der Waals surface area (Å²) in [7, 11) is 0. The number of halogens is 2. The predicted molar refractivity (Wildman–Crippen MR) is 82.1 cm³/mol. The Labute approximate surface area is 126 Å². The van der Waals surface area contributed by atoms with Gasteiger partial charge in [-0.25, -0.2) is 8.78 Å². The van der Waals surface area contributed by atoms with Crippen molar-refractivity contribution in [2.45, 2.75) is 45.7 Å². The molecule has 4 heteroatoms. The molecule has 1 N–H and O–H groups in total. The predicted octanol–water partition coefficient (Wildman–Crippen LogP) is 3.56. The van der Waals surface area contributed by atoms with Crippen LogP contribution in [0.5, 0.6) is 0 Å². The summed E-state index contributed by atoms with van der Waals surface area (Å²) in [6.45, 7) is 10.1. The van der Waals surface area contributed by atoms with Gasteiger partial charge in [-0.3, -0.25) is 4.90 Å². The van der Waals surface area contributed by atoms with Crippen LogP contribution >= 0.6 is 0 Å². The van der Waals surface area contributed by atoms with Crippen LogP contribution in [-0.2, 0) is 6.54 Å². The topological polar surface area (TPSA) is 15.3 Å². The first-order chi connectivity index (χ1) is 9.82. The molecule has 1 aliphatic heterocycles. The van der Waals surface area contributed by atoms with E-state index < -0.39 is 11.6 Å². The lowest BCUT2D eigenvalue weighted by Gasteiger charge is -2.34. The van der Waals surface area contributed by atoms with Gasteiger partial charge in [-0.15, -0.1) is 0 Å². The molecule has 1 aromatic rings. The van der Waals surface area contributed by atoms with Crippen molar-refractivity contribution in [2.75, 3.05) is 19.6 Å². The fourth-order valence-electron chi connectivity index (χ4n) is 2.87. The minimum Gasteiger partial charge on any atom is -0.312 e. The van der Waals surface area contributed by atoms with E-state index >= 15 is 0 Å². The van der Waals surface area contributed by atoms with Gasteiger partial charge in [0, 0.05) is 24.7 Å². The van der Waals surface area contributed by atoms with Gasteiger partial charge in [-0.2, -0.15) is 0 Å². The van der Waals surface area contributed by atoms with Gasteiger partial charge in [0.15, 0.2) is 0 Å². The van der Waals surface area contributed by atoms with E-state index in [2.05, 4.69) is 31.0 Å². The zero-order chi connectivity index (χ0) is 15.5. The molecule has 1 fully saturated rings. The first kappa shape index (κ1) is 16.4. The Kier molecular flexibility index (Phi) is 5.33. The van der Waals surface area contributed by atoms with Crippen molar-refractivity contribution in [3.8, 4) is 0 Å². The summed E-state index contributed by atoms with van der Waals surface area (Å²) in [5, 5.41) is 3.55. The summed E-state index contributed by atoms with van der Waals surface area (Å²) in [5.74, 6) is -0.378. The van der Waals surface area contributed by atoms with Crippen LogP contribution in [-0.4, -0.2) is 30.1 Å². The van der Waals surface area contributed by atoms with Gasteiger partial charge in [0.2, 0.25) is 0 Å². The lowest BCUT2D eigenvalue weighted by molar-refractivity contribution is 0.159. The summed E-state index contributed by atoms with van der Waals surface area (Å²) in [4.78, 5) is 2.30. The van der Waals surface area contributed by atoms with Crippen molar-refractivity contribution in [3.63, 3.8) is 0 Å². The highest BCUT2D eigenvalue weighted by Crippen LogP contribution is 2.19. The molecule has 118 valence electrons. The molecule has 1 heterocycles. The third-order valence-electron chi connectivity index (χ3n) is 3.85. The standard InChI is InChI=1S/C17H26F2N2/c1-17(2,3)20-10-13-5-4-6-21(11-13)12-14-7-15(18)9-16(19)8-14/h7-9,13,20H,4-6,10-12H2,1-3H3. The highest BCUT2D eigenvalue weighted by Gasteiger charge is 2.21. The monoisotopic (exact) mass is 296 g/mol. The number of likely N-dealkylation sites (tertiary alicyclic amines) is 1. The van der Waals surface area contributed by atoms with Crippen LogP contribution in [0.15, 0.2) is 18.2 Å². The molecule has 0 radical (unpaired) electrons. The lowest BCUT2D eigenvalue weighted by atomic mass is 9.96. The van der Waals surface area contributed by atoms with Crippen molar-refractivity contribution in [1.29, 1.82) is 0 Å². The summed E-state index contributed by atoms with van der Waals surface area (Å²) in [6.07, 6.45) is 2.37. The van der Waals surface area contributed by atoms with E-state index in [1.54, 1.807) is 0 Å². The molecule has 2 nitrogen and oxygen atoms in total. The zero-order valence-electron chi connectivity index (χ0n) is 13.3. The van der Waals surface area contributed by atoms with Crippen LogP contribution < -0.4 is 5.32 Å². The molecule has 0 aromatic heterocycles. The van der Waals surface area contributed by atoms with Crippen molar-refractivity contribution in [2.24, 2.45) is 5.92 Å². The molecule has 0 saturated carbocycles. The normalized spacial score (nSPS) is 20.7. The van der Waals surface area contributed by atoms with E-state index in [4.69, 9.17) is 0 Å². The molecule has 1 aliphatic rings. The molecule has 2 rings (SSSR count). The fourth-order valence-corrected chi connectivity index (χ4v) is 2.87. The van der Waals surface area contributed by atoms with Crippen LogP contribution in [0.1, 0.15) is 39.2 Å². The van der Waals surface area contributed by atoms with Gasteiger partial charge >= 0.3 is 0 Å². The first-order valence-electron chi connectivity index (χ1n) is 7.74. The van der Waals surface area contributed by atoms with Crippen molar-refractivity contribution >= 4 is 0 Å². The van der Waals surface area contributed by atoms with Gasteiger partial charge in [0.1, 0.15) is 11.6 Å². The third-order valence-corrected chi connectivity index (χ3v) is 3.85. The first-order valence-corrected chi connectivity index (χ1v) is 7.74. The average Bonchev–Trinajstić information content (AvgIpc) is 2.35. The maximum Gasteiger partial charge on any atom is 0.126 e. The van der Waals surface area contributed by atoms with Crippen molar-refractivity contribution in [3.05, 3.63) is 35.4 Å². The maximum atomic E-state index is 13.2. The molecule has 21 heavy (non-hydrogen) atoms. The summed E-state index contributed by atoms with van der Waals surface area (Å²) in [6, 6.07) is 3.79. The Balaban J connectivity index is 1.89. The van der Waals surface area contributed by atoms with Gasteiger partial charge in [0.05, 0.1) is 0 Å². The Hall–Kier alpha value is -1.00. The SMILES string of the molecule is CC(C)(C)NCC1CCCN(Cc2cc(F)cc(F)c2)C1. The fraction of sp³-hybridized carbons (Fsp3) is 0.647. The van der Waals surface area contributed by atoms with Crippen molar-refractivity contribution < 1.29 is 8.78 Å². The van der Waals surface area contributed by atoms with Gasteiger partial charge in [0.25, 0.3) is 0 Å². The largest absolute Gasteiger partial charge is 0.312 e. The summed E-state index contributed by atoms with van der Waals surface area (Å²) in [5.41, 5.74) is 0.852. The van der Waals surface area contributed by atoms with Crippen LogP contribution in [0, 0.1) is 17.6 Å². The minimum absolute atomic E-state index is 0.133. The molecule has 1 aromatic carbocycles. The minimum atomic E-state index is -0.493. The molecular formula is C17H26F2N2. The average molecular weight is 296 g/mol. The second-order valence-electron chi connectivity index (χ2n) is 7.15. The van der Waals surface area contributed by atoms with E-state index in [-0.39, 0.29) is 5.54 Å². The van der Waals surface area contributed by atoms with E-state index in [0.717, 1.165) is 37.7 Å². The number of hydrogen-bond acceptors (Lipinski definition) is 2. The molecular weight excluding hydrogens is 270 g/mol. The van der Waals surface area contributed by atoms with Gasteiger partial charge in [-0.05, 0) is 70.3 Å². The molecule has 1 unspecified atom stereocenters. The maximum absolute atomic E-state index is 13.2. The highest BCUT2D eigenvalue weighted by molar-refractivity contribution is 5.17. The second-order valence-corrected chi connectivity index (χ2v) is 7.15. The van der Waals surface area contributed by atoms with Crippen LogP contribution in [0.2, 0.25) is 0 Å². The van der Waals surface area contributed by atoms with Gasteiger partial charge < -0.3 is 5.32 Å². The number of rotatable bonds is 4. The number of piperidine rings is 1. The molecule has 0 bridgehead atoms.